The molecule has 0 bridgehead atoms. The van der Waals surface area contributed by atoms with E-state index in [9.17, 15) is 17.6 Å². The largest absolute Gasteiger partial charge is 0.418 e. The molecule has 2 heterocycles. The number of fused-ring (bicyclic) bond motifs is 1. The van der Waals surface area contributed by atoms with Gasteiger partial charge in [-0.15, -0.1) is 0 Å². The number of hydrogen-bond donors (Lipinski definition) is 0. The molecule has 1 saturated heterocycles. The Labute approximate surface area is 123 Å². The highest BCUT2D eigenvalue weighted by Crippen LogP contribution is 2.40. The van der Waals surface area contributed by atoms with Crippen molar-refractivity contribution in [1.29, 1.82) is 0 Å². The van der Waals surface area contributed by atoms with E-state index < -0.39 is 17.6 Å². The SMILES string of the molecule is COC1(C(F)(F)F)CCN(Cc2noc3cc(F)ccc23)C1. The van der Waals surface area contributed by atoms with Crippen molar-refractivity contribution in [2.75, 3.05) is 20.2 Å². The summed E-state index contributed by atoms with van der Waals surface area (Å²) in [5.74, 6) is -0.452. The number of hydrogen-bond acceptors (Lipinski definition) is 4. The Balaban J connectivity index is 1.79. The Bertz CT molecular complexity index is 685. The number of nitrogens with zero attached hydrogens (tertiary/aromatic N) is 2. The van der Waals surface area contributed by atoms with E-state index in [4.69, 9.17) is 9.26 Å². The Morgan fingerprint density at radius 3 is 2.82 bits per heavy atom. The molecule has 1 aromatic carbocycles. The van der Waals surface area contributed by atoms with Crippen LogP contribution in [0.4, 0.5) is 17.6 Å². The maximum atomic E-state index is 13.1. The summed E-state index contributed by atoms with van der Waals surface area (Å²) in [7, 11) is 1.07. The van der Waals surface area contributed by atoms with Crippen molar-refractivity contribution >= 4 is 11.0 Å². The Morgan fingerprint density at radius 2 is 2.18 bits per heavy atom. The average molecular weight is 318 g/mol. The molecule has 1 atom stereocenters. The molecule has 22 heavy (non-hydrogen) atoms. The highest BCUT2D eigenvalue weighted by Gasteiger charge is 2.58. The molecular weight excluding hydrogens is 304 g/mol. The van der Waals surface area contributed by atoms with E-state index in [0.29, 0.717) is 11.1 Å². The van der Waals surface area contributed by atoms with Crippen LogP contribution in [0.5, 0.6) is 0 Å². The molecule has 1 aliphatic rings. The molecular formula is C14H14F4N2O2. The van der Waals surface area contributed by atoms with Crippen LogP contribution < -0.4 is 0 Å². The zero-order valence-corrected chi connectivity index (χ0v) is 11.8. The monoisotopic (exact) mass is 318 g/mol. The minimum atomic E-state index is -4.43. The Morgan fingerprint density at radius 1 is 1.41 bits per heavy atom. The fourth-order valence-corrected chi connectivity index (χ4v) is 2.80. The molecule has 0 saturated carbocycles. The highest BCUT2D eigenvalue weighted by atomic mass is 19.4. The van der Waals surface area contributed by atoms with Crippen molar-refractivity contribution < 1.29 is 26.8 Å². The zero-order valence-electron chi connectivity index (χ0n) is 11.8. The van der Waals surface area contributed by atoms with Gasteiger partial charge in [0.1, 0.15) is 11.5 Å². The van der Waals surface area contributed by atoms with Gasteiger partial charge in [0, 0.05) is 38.2 Å². The van der Waals surface area contributed by atoms with Gasteiger partial charge in [-0.1, -0.05) is 5.16 Å². The lowest BCUT2D eigenvalue weighted by Gasteiger charge is -2.30. The van der Waals surface area contributed by atoms with Gasteiger partial charge in [0.25, 0.3) is 0 Å². The molecule has 0 amide bonds. The Kier molecular flexibility index (Phi) is 3.60. The van der Waals surface area contributed by atoms with E-state index in [1.54, 1.807) is 4.90 Å². The maximum Gasteiger partial charge on any atom is 0.418 e. The molecule has 3 rings (SSSR count). The lowest BCUT2D eigenvalue weighted by Crippen LogP contribution is -2.49. The van der Waals surface area contributed by atoms with Gasteiger partial charge in [-0.25, -0.2) is 4.39 Å². The summed E-state index contributed by atoms with van der Waals surface area (Å²) in [5.41, 5.74) is -1.37. The van der Waals surface area contributed by atoms with E-state index in [1.807, 2.05) is 0 Å². The third-order valence-corrected chi connectivity index (χ3v) is 4.10. The summed E-state index contributed by atoms with van der Waals surface area (Å²) in [5, 5.41) is 4.43. The Hall–Kier alpha value is -1.67. The van der Waals surface area contributed by atoms with Crippen LogP contribution in [0.1, 0.15) is 12.1 Å². The van der Waals surface area contributed by atoms with Crippen LogP contribution in [0.2, 0.25) is 0 Å². The first kappa shape index (κ1) is 15.2. The predicted octanol–water partition coefficient (Wildman–Crippen LogP) is 3.12. The number of methoxy groups -OCH3 is 1. The molecule has 1 fully saturated rings. The molecule has 1 unspecified atom stereocenters. The molecule has 1 aromatic heterocycles. The quantitative estimate of drug-likeness (QED) is 0.815. The van der Waals surface area contributed by atoms with Gasteiger partial charge in [0.05, 0.1) is 0 Å². The molecule has 0 radical (unpaired) electrons. The minimum Gasteiger partial charge on any atom is -0.367 e. The average Bonchev–Trinajstić information content (AvgIpc) is 3.04. The first-order valence-electron chi connectivity index (χ1n) is 6.73. The lowest BCUT2D eigenvalue weighted by molar-refractivity contribution is -0.264. The van der Waals surface area contributed by atoms with Crippen molar-refractivity contribution in [3.05, 3.63) is 29.7 Å². The summed E-state index contributed by atoms with van der Waals surface area (Å²) in [4.78, 5) is 1.61. The van der Waals surface area contributed by atoms with E-state index in [0.717, 1.165) is 7.11 Å². The summed E-state index contributed by atoms with van der Waals surface area (Å²) in [6, 6.07) is 3.98. The normalized spacial score (nSPS) is 23.5. The van der Waals surface area contributed by atoms with Crippen LogP contribution in [0.25, 0.3) is 11.0 Å². The van der Waals surface area contributed by atoms with Gasteiger partial charge in [0.15, 0.2) is 11.2 Å². The molecule has 2 aromatic rings. The number of likely N-dealkylation sites (tertiary alicyclic amines) is 1. The summed E-state index contributed by atoms with van der Waals surface area (Å²) >= 11 is 0. The molecule has 0 N–H and O–H groups in total. The van der Waals surface area contributed by atoms with Gasteiger partial charge < -0.3 is 9.26 Å². The van der Waals surface area contributed by atoms with E-state index in [2.05, 4.69) is 5.16 Å². The third-order valence-electron chi connectivity index (χ3n) is 4.10. The van der Waals surface area contributed by atoms with Crippen molar-refractivity contribution in [2.45, 2.75) is 24.7 Å². The molecule has 4 nitrogen and oxygen atoms in total. The summed E-state index contributed by atoms with van der Waals surface area (Å²) < 4.78 is 62.3. The zero-order chi connectivity index (χ0) is 16.0. The fourth-order valence-electron chi connectivity index (χ4n) is 2.80. The topological polar surface area (TPSA) is 38.5 Å². The van der Waals surface area contributed by atoms with Crippen LogP contribution in [0, 0.1) is 5.82 Å². The summed E-state index contributed by atoms with van der Waals surface area (Å²) in [6.45, 7) is 0.172. The molecule has 0 spiro atoms. The number of benzene rings is 1. The van der Waals surface area contributed by atoms with Crippen molar-refractivity contribution in [3.63, 3.8) is 0 Å². The van der Waals surface area contributed by atoms with Gasteiger partial charge in [0.2, 0.25) is 0 Å². The molecule has 8 heteroatoms. The maximum absolute atomic E-state index is 13.1. The highest BCUT2D eigenvalue weighted by molar-refractivity contribution is 5.79. The van der Waals surface area contributed by atoms with Gasteiger partial charge in [-0.3, -0.25) is 4.90 Å². The number of alkyl halides is 3. The molecule has 0 aliphatic carbocycles. The summed E-state index contributed by atoms with van der Waals surface area (Å²) in [6.07, 6.45) is -4.55. The molecule has 120 valence electrons. The second-order valence-electron chi connectivity index (χ2n) is 5.43. The van der Waals surface area contributed by atoms with Crippen molar-refractivity contribution in [3.8, 4) is 0 Å². The van der Waals surface area contributed by atoms with Crippen LogP contribution in [-0.4, -0.2) is 42.0 Å². The second kappa shape index (κ2) is 5.20. The first-order valence-corrected chi connectivity index (χ1v) is 6.73. The van der Waals surface area contributed by atoms with Gasteiger partial charge in [-0.2, -0.15) is 13.2 Å². The first-order chi connectivity index (χ1) is 10.3. The van der Waals surface area contributed by atoms with Crippen LogP contribution in [-0.2, 0) is 11.3 Å². The number of ether oxygens (including phenoxy) is 1. The number of rotatable bonds is 3. The lowest BCUT2D eigenvalue weighted by atomic mass is 10.0. The van der Waals surface area contributed by atoms with E-state index in [-0.39, 0.29) is 31.6 Å². The van der Waals surface area contributed by atoms with E-state index >= 15 is 0 Å². The van der Waals surface area contributed by atoms with Crippen LogP contribution in [0.15, 0.2) is 22.7 Å². The minimum absolute atomic E-state index is 0.128. The van der Waals surface area contributed by atoms with Gasteiger partial charge in [-0.05, 0) is 18.6 Å². The van der Waals surface area contributed by atoms with Crippen molar-refractivity contribution in [2.24, 2.45) is 0 Å². The smallest absolute Gasteiger partial charge is 0.367 e. The fraction of sp³-hybridized carbons (Fsp3) is 0.500. The molecule has 1 aliphatic heterocycles. The third kappa shape index (κ3) is 2.46. The van der Waals surface area contributed by atoms with Crippen LogP contribution in [0.3, 0.4) is 0 Å². The van der Waals surface area contributed by atoms with Crippen molar-refractivity contribution in [1.82, 2.24) is 10.1 Å². The number of aromatic nitrogens is 1. The van der Waals surface area contributed by atoms with E-state index in [1.165, 1.54) is 18.2 Å². The number of halogens is 4. The van der Waals surface area contributed by atoms with Gasteiger partial charge >= 0.3 is 6.18 Å². The second-order valence-corrected chi connectivity index (χ2v) is 5.43. The standard InChI is InChI=1S/C14H14F4N2O2/c1-21-13(14(16,17)18)4-5-20(8-13)7-11-10-3-2-9(15)6-12(10)22-19-11/h2-3,6H,4-5,7-8H2,1H3. The van der Waals surface area contributed by atoms with Crippen LogP contribution >= 0.6 is 0 Å². The predicted molar refractivity (Wildman–Crippen MR) is 69.7 cm³/mol.